The number of ether oxygens (including phenoxy) is 2. The number of amides is 4. The van der Waals surface area contributed by atoms with Gasteiger partial charge in [0.25, 0.3) is 0 Å². The number of carbonyl (C=O) groups excluding carboxylic acids is 4. The van der Waals surface area contributed by atoms with Crippen molar-refractivity contribution in [3.8, 4) is 0 Å². The van der Waals surface area contributed by atoms with Gasteiger partial charge < -0.3 is 46.1 Å². The summed E-state index contributed by atoms with van der Waals surface area (Å²) in [7, 11) is 0. The van der Waals surface area contributed by atoms with Crippen molar-refractivity contribution in [3.05, 3.63) is 0 Å². The third-order valence-corrected chi connectivity index (χ3v) is 12.3. The van der Waals surface area contributed by atoms with Crippen LogP contribution in [0.2, 0.25) is 0 Å². The van der Waals surface area contributed by atoms with Gasteiger partial charge in [0.05, 0.1) is 26.4 Å². The SMILES string of the molecule is CCCCCCCCC.CCCCCCCCCCCCCCCCCNC(=O)OCC(CNC(=O)CCSCCC(=O)NC(CO)(CO)CO)OC(=O)NCCCCCCCCC. The molecule has 0 saturated heterocycles. The van der Waals surface area contributed by atoms with Crippen LogP contribution in [0, 0.1) is 0 Å². The van der Waals surface area contributed by atoms with Gasteiger partial charge in [0.1, 0.15) is 12.1 Å². The fraction of sp³-hybridized carbons (Fsp3) is 0.920. The van der Waals surface area contributed by atoms with E-state index in [-0.39, 0.29) is 31.9 Å². The van der Waals surface area contributed by atoms with Gasteiger partial charge in [-0.2, -0.15) is 11.8 Å². The summed E-state index contributed by atoms with van der Waals surface area (Å²) in [4.78, 5) is 49.6. The number of aliphatic hydroxyl groups excluding tert-OH is 3. The maximum Gasteiger partial charge on any atom is 0.407 e. The van der Waals surface area contributed by atoms with Crippen molar-refractivity contribution in [2.45, 2.75) is 238 Å². The van der Waals surface area contributed by atoms with Crippen molar-refractivity contribution in [2.75, 3.05) is 57.6 Å². The van der Waals surface area contributed by atoms with E-state index < -0.39 is 49.6 Å². The van der Waals surface area contributed by atoms with Crippen LogP contribution in [0.1, 0.15) is 227 Å². The van der Waals surface area contributed by atoms with E-state index in [0.29, 0.717) is 24.6 Å². The zero-order chi connectivity index (χ0) is 47.6. The molecule has 0 rings (SSSR count). The summed E-state index contributed by atoms with van der Waals surface area (Å²) < 4.78 is 10.9. The Morgan fingerprint density at radius 1 is 0.469 bits per heavy atom. The lowest BCUT2D eigenvalue weighted by atomic mass is 10.0. The Morgan fingerprint density at radius 3 is 1.19 bits per heavy atom. The molecule has 0 spiro atoms. The van der Waals surface area contributed by atoms with Crippen molar-refractivity contribution >= 4 is 35.8 Å². The van der Waals surface area contributed by atoms with Crippen LogP contribution >= 0.6 is 11.8 Å². The number of rotatable bonds is 45. The summed E-state index contributed by atoms with van der Waals surface area (Å²) in [6.07, 6.45) is 35.0. The molecule has 1 unspecified atom stereocenters. The Hall–Kier alpha value is -2.29. The molecule has 0 fully saturated rings. The molecule has 4 amide bonds. The summed E-state index contributed by atoms with van der Waals surface area (Å²) in [6.45, 7) is 7.91. The second-order valence-corrected chi connectivity index (χ2v) is 18.8. The molecule has 0 aromatic rings. The second kappa shape index (κ2) is 50.1. The van der Waals surface area contributed by atoms with Gasteiger partial charge in [-0.3, -0.25) is 9.59 Å². The maximum atomic E-state index is 12.5. The highest BCUT2D eigenvalue weighted by Gasteiger charge is 2.29. The van der Waals surface area contributed by atoms with Crippen LogP contribution in [0.15, 0.2) is 0 Å². The van der Waals surface area contributed by atoms with E-state index in [4.69, 9.17) is 9.47 Å². The third-order valence-electron chi connectivity index (χ3n) is 11.3. The first kappa shape index (κ1) is 63.8. The fourth-order valence-electron chi connectivity index (χ4n) is 6.91. The van der Waals surface area contributed by atoms with Gasteiger partial charge in [0.2, 0.25) is 11.8 Å². The highest BCUT2D eigenvalue weighted by molar-refractivity contribution is 7.99. The van der Waals surface area contributed by atoms with Crippen LogP contribution in [0.25, 0.3) is 0 Å². The van der Waals surface area contributed by atoms with E-state index in [0.717, 1.165) is 38.5 Å². The first-order chi connectivity index (χ1) is 31.2. The molecular weight excluding hydrogens is 833 g/mol. The van der Waals surface area contributed by atoms with Crippen LogP contribution in [-0.4, -0.2) is 109 Å². The Kier molecular flexibility index (Phi) is 50.0. The smallest absolute Gasteiger partial charge is 0.407 e. The van der Waals surface area contributed by atoms with Crippen LogP contribution < -0.4 is 21.3 Å². The average molecular weight is 933 g/mol. The van der Waals surface area contributed by atoms with E-state index in [9.17, 15) is 34.5 Å². The standard InChI is InChI=1S/C41H80N4O9S.C9H20/c1-3-5-7-9-11-12-13-14-15-16-17-18-20-22-23-27-42-39(51)53-32-36(54-40(52)43-28-24-21-19-10-8-6-4-2)31-44-37(49)25-29-55-30-26-38(50)45-41(33-46,34-47)35-48;1-3-5-7-9-8-6-4-2/h36,46-48H,3-35H2,1-2H3,(H,42,51)(H,43,52)(H,44,49)(H,45,50);3-9H2,1-2H3. The lowest BCUT2D eigenvalue weighted by Gasteiger charge is -2.28. The zero-order valence-corrected chi connectivity index (χ0v) is 42.4. The molecule has 0 aromatic heterocycles. The summed E-state index contributed by atoms with van der Waals surface area (Å²) in [5.41, 5.74) is -1.47. The lowest BCUT2D eigenvalue weighted by Crippen LogP contribution is -2.57. The Bertz CT molecular complexity index is 1040. The lowest BCUT2D eigenvalue weighted by molar-refractivity contribution is -0.125. The monoisotopic (exact) mass is 933 g/mol. The number of thioether (sulfide) groups is 1. The molecule has 7 N–H and O–H groups in total. The van der Waals surface area contributed by atoms with Gasteiger partial charge in [0, 0.05) is 37.4 Å². The molecule has 0 saturated carbocycles. The second-order valence-electron chi connectivity index (χ2n) is 17.5. The number of alkyl carbamates (subject to hydrolysis) is 2. The number of hydrogen-bond acceptors (Lipinski definition) is 10. The molecule has 13 nitrogen and oxygen atoms in total. The highest BCUT2D eigenvalue weighted by atomic mass is 32.2. The van der Waals surface area contributed by atoms with E-state index >= 15 is 0 Å². The predicted molar refractivity (Wildman–Crippen MR) is 266 cm³/mol. The van der Waals surface area contributed by atoms with E-state index in [1.54, 1.807) is 0 Å². The summed E-state index contributed by atoms with van der Waals surface area (Å²) in [5, 5.41) is 38.8. The quantitative estimate of drug-likeness (QED) is 0.0289. The largest absolute Gasteiger partial charge is 0.446 e. The summed E-state index contributed by atoms with van der Waals surface area (Å²) in [5.74, 6) is 0.0990. The first-order valence-electron chi connectivity index (χ1n) is 26.0. The van der Waals surface area contributed by atoms with Crippen LogP contribution in [0.3, 0.4) is 0 Å². The number of nitrogens with one attached hydrogen (secondary N) is 4. The molecule has 0 aromatic carbocycles. The number of carbonyl (C=O) groups is 4. The van der Waals surface area contributed by atoms with Crippen molar-refractivity contribution in [2.24, 2.45) is 0 Å². The molecule has 0 bridgehead atoms. The normalized spacial score (nSPS) is 11.6. The van der Waals surface area contributed by atoms with Gasteiger partial charge in [-0.15, -0.1) is 0 Å². The van der Waals surface area contributed by atoms with Crippen LogP contribution in [0.5, 0.6) is 0 Å². The molecule has 0 aliphatic rings. The number of hydrogen-bond donors (Lipinski definition) is 7. The average Bonchev–Trinajstić information content (AvgIpc) is 3.29. The third kappa shape index (κ3) is 44.9. The molecule has 14 heteroatoms. The number of unbranched alkanes of at least 4 members (excludes halogenated alkanes) is 26. The van der Waals surface area contributed by atoms with Gasteiger partial charge in [-0.25, -0.2) is 9.59 Å². The van der Waals surface area contributed by atoms with E-state index in [1.165, 1.54) is 159 Å². The molecule has 380 valence electrons. The minimum Gasteiger partial charge on any atom is -0.446 e. The van der Waals surface area contributed by atoms with Crippen molar-refractivity contribution in [3.63, 3.8) is 0 Å². The molecule has 0 heterocycles. The Morgan fingerprint density at radius 2 is 0.812 bits per heavy atom. The van der Waals surface area contributed by atoms with Crippen LogP contribution in [-0.2, 0) is 19.1 Å². The molecule has 0 aliphatic carbocycles. The molecule has 64 heavy (non-hydrogen) atoms. The number of aliphatic hydroxyl groups is 3. The van der Waals surface area contributed by atoms with Crippen LogP contribution in [0.4, 0.5) is 9.59 Å². The fourth-order valence-corrected chi connectivity index (χ4v) is 7.78. The molecular formula is C50H100N4O9S. The van der Waals surface area contributed by atoms with Crippen molar-refractivity contribution < 1.29 is 44.0 Å². The van der Waals surface area contributed by atoms with Gasteiger partial charge >= 0.3 is 12.2 Å². The minimum absolute atomic E-state index is 0.0331. The van der Waals surface area contributed by atoms with Crippen molar-refractivity contribution in [1.82, 2.24) is 21.3 Å². The molecule has 0 aliphatic heterocycles. The van der Waals surface area contributed by atoms with E-state index in [1.807, 2.05) is 0 Å². The Labute approximate surface area is 395 Å². The maximum absolute atomic E-state index is 12.5. The summed E-state index contributed by atoms with van der Waals surface area (Å²) in [6, 6.07) is 0. The van der Waals surface area contributed by atoms with Gasteiger partial charge in [-0.05, 0) is 12.8 Å². The predicted octanol–water partition coefficient (Wildman–Crippen LogP) is 10.6. The highest BCUT2D eigenvalue weighted by Crippen LogP contribution is 2.14. The topological polar surface area (TPSA) is 196 Å². The Balaban J connectivity index is 0. The summed E-state index contributed by atoms with van der Waals surface area (Å²) >= 11 is 1.37. The first-order valence-corrected chi connectivity index (χ1v) is 27.2. The zero-order valence-electron chi connectivity index (χ0n) is 41.6. The molecule has 0 radical (unpaired) electrons. The molecule has 1 atom stereocenters. The van der Waals surface area contributed by atoms with Gasteiger partial charge in [-0.1, -0.05) is 201 Å². The minimum atomic E-state index is -1.47. The van der Waals surface area contributed by atoms with Crippen molar-refractivity contribution in [1.29, 1.82) is 0 Å². The van der Waals surface area contributed by atoms with E-state index in [2.05, 4.69) is 49.0 Å². The van der Waals surface area contributed by atoms with Gasteiger partial charge in [0.15, 0.2) is 6.10 Å².